The fourth-order valence-corrected chi connectivity index (χ4v) is 4.88. The van der Waals surface area contributed by atoms with E-state index in [0.717, 1.165) is 10.4 Å². The first-order valence-corrected chi connectivity index (χ1v) is 10.6. The van der Waals surface area contributed by atoms with Crippen LogP contribution < -0.4 is 5.32 Å². The molecule has 2 aromatic heterocycles. The largest absolute Gasteiger partial charge is 0.462 e. The number of hydrogen-bond donors (Lipinski definition) is 1. The quantitative estimate of drug-likeness (QED) is 0.738. The molecule has 1 aliphatic rings. The van der Waals surface area contributed by atoms with Gasteiger partial charge in [0.1, 0.15) is 10.6 Å². The summed E-state index contributed by atoms with van der Waals surface area (Å²) in [5, 5.41) is 7.30. The maximum atomic E-state index is 12.6. The van der Waals surface area contributed by atoms with Crippen LogP contribution in [0.4, 0.5) is 5.00 Å². The SMILES string of the molecule is CCOC(=O)c1c(-c2cccs2)csc1NC(=O)CN1CCOC(C)(C)C1. The van der Waals surface area contributed by atoms with E-state index in [1.54, 1.807) is 18.3 Å². The van der Waals surface area contributed by atoms with Crippen molar-refractivity contribution in [3.05, 3.63) is 28.5 Å². The minimum atomic E-state index is -0.412. The zero-order chi connectivity index (χ0) is 19.4. The van der Waals surface area contributed by atoms with Crippen molar-refractivity contribution in [2.45, 2.75) is 26.4 Å². The maximum absolute atomic E-state index is 12.6. The molecule has 146 valence electrons. The third-order valence-electron chi connectivity index (χ3n) is 4.18. The van der Waals surface area contributed by atoms with Crippen LogP contribution in [0, 0.1) is 0 Å². The van der Waals surface area contributed by atoms with E-state index in [-0.39, 0.29) is 24.7 Å². The van der Waals surface area contributed by atoms with E-state index < -0.39 is 5.97 Å². The summed E-state index contributed by atoms with van der Waals surface area (Å²) in [6.07, 6.45) is 0. The molecule has 3 heterocycles. The van der Waals surface area contributed by atoms with Gasteiger partial charge in [-0.15, -0.1) is 22.7 Å². The molecule has 1 saturated heterocycles. The molecule has 0 aromatic carbocycles. The lowest BCUT2D eigenvalue weighted by molar-refractivity contribution is -0.122. The lowest BCUT2D eigenvalue weighted by Gasteiger charge is -2.37. The molecule has 0 atom stereocenters. The van der Waals surface area contributed by atoms with E-state index in [9.17, 15) is 9.59 Å². The summed E-state index contributed by atoms with van der Waals surface area (Å²) in [6, 6.07) is 3.89. The van der Waals surface area contributed by atoms with Gasteiger partial charge in [-0.3, -0.25) is 9.69 Å². The number of nitrogens with one attached hydrogen (secondary N) is 1. The van der Waals surface area contributed by atoms with E-state index >= 15 is 0 Å². The normalized spacial score (nSPS) is 16.9. The lowest BCUT2D eigenvalue weighted by Crippen LogP contribution is -2.50. The molecular weight excluding hydrogens is 384 g/mol. The van der Waals surface area contributed by atoms with Crippen LogP contribution in [0.2, 0.25) is 0 Å². The first-order valence-electron chi connectivity index (χ1n) is 8.88. The fourth-order valence-electron chi connectivity index (χ4n) is 3.09. The van der Waals surface area contributed by atoms with Crippen LogP contribution >= 0.6 is 22.7 Å². The van der Waals surface area contributed by atoms with E-state index in [0.29, 0.717) is 30.3 Å². The number of nitrogens with zero attached hydrogens (tertiary/aromatic N) is 1. The third-order valence-corrected chi connectivity index (χ3v) is 5.98. The number of rotatable bonds is 6. The molecule has 0 bridgehead atoms. The Morgan fingerprint density at radius 1 is 1.37 bits per heavy atom. The summed E-state index contributed by atoms with van der Waals surface area (Å²) in [4.78, 5) is 28.1. The van der Waals surface area contributed by atoms with E-state index in [1.807, 2.05) is 36.7 Å². The number of carbonyl (C=O) groups is 2. The molecule has 2 aromatic rings. The molecule has 8 heteroatoms. The first-order chi connectivity index (χ1) is 12.9. The van der Waals surface area contributed by atoms with Gasteiger partial charge in [0.25, 0.3) is 0 Å². The van der Waals surface area contributed by atoms with Crippen LogP contribution in [0.15, 0.2) is 22.9 Å². The Kier molecular flexibility index (Phi) is 6.31. The number of carbonyl (C=O) groups excluding carboxylic acids is 2. The second kappa shape index (κ2) is 8.52. The van der Waals surface area contributed by atoms with Crippen LogP contribution in [0.25, 0.3) is 10.4 Å². The second-order valence-corrected chi connectivity index (χ2v) is 8.75. The van der Waals surface area contributed by atoms with Gasteiger partial charge in [-0.25, -0.2) is 4.79 Å². The van der Waals surface area contributed by atoms with Gasteiger partial charge in [0.05, 0.1) is 25.4 Å². The predicted molar refractivity (Wildman–Crippen MR) is 109 cm³/mol. The van der Waals surface area contributed by atoms with Crippen molar-refractivity contribution in [3.8, 4) is 10.4 Å². The van der Waals surface area contributed by atoms with Gasteiger partial charge in [-0.2, -0.15) is 0 Å². The minimum absolute atomic E-state index is 0.141. The molecule has 0 unspecified atom stereocenters. The molecular formula is C19H24N2O4S2. The van der Waals surface area contributed by atoms with Gasteiger partial charge in [-0.1, -0.05) is 6.07 Å². The van der Waals surface area contributed by atoms with Crippen molar-refractivity contribution < 1.29 is 19.1 Å². The average Bonchev–Trinajstić information content (AvgIpc) is 3.23. The zero-order valence-corrected chi connectivity index (χ0v) is 17.4. The maximum Gasteiger partial charge on any atom is 0.341 e. The van der Waals surface area contributed by atoms with Crippen molar-refractivity contribution in [1.29, 1.82) is 0 Å². The smallest absolute Gasteiger partial charge is 0.341 e. The molecule has 1 aliphatic heterocycles. The summed E-state index contributed by atoms with van der Waals surface area (Å²) in [6.45, 7) is 8.37. The van der Waals surface area contributed by atoms with Crippen molar-refractivity contribution in [2.75, 3.05) is 38.2 Å². The Morgan fingerprint density at radius 3 is 2.85 bits per heavy atom. The highest BCUT2D eigenvalue weighted by Crippen LogP contribution is 2.38. The number of amides is 1. The summed E-state index contributed by atoms with van der Waals surface area (Å²) in [7, 11) is 0. The van der Waals surface area contributed by atoms with E-state index in [1.165, 1.54) is 11.3 Å². The number of thiophene rings is 2. The van der Waals surface area contributed by atoms with E-state index in [2.05, 4.69) is 10.2 Å². The monoisotopic (exact) mass is 408 g/mol. The molecule has 3 rings (SSSR count). The number of hydrogen-bond acceptors (Lipinski definition) is 7. The van der Waals surface area contributed by atoms with Gasteiger partial charge in [-0.05, 0) is 32.2 Å². The topological polar surface area (TPSA) is 67.9 Å². The number of morpholine rings is 1. The lowest BCUT2D eigenvalue weighted by atomic mass is 10.1. The van der Waals surface area contributed by atoms with E-state index in [4.69, 9.17) is 9.47 Å². The van der Waals surface area contributed by atoms with Crippen molar-refractivity contribution in [1.82, 2.24) is 4.90 Å². The standard InChI is InChI=1S/C19H24N2O4S2/c1-4-24-18(23)16-13(14-6-5-9-26-14)11-27-17(16)20-15(22)10-21-7-8-25-19(2,3)12-21/h5-6,9,11H,4,7-8,10,12H2,1-3H3,(H,20,22). The molecule has 0 spiro atoms. The van der Waals surface area contributed by atoms with Gasteiger partial charge in [0, 0.05) is 28.9 Å². The summed E-state index contributed by atoms with van der Waals surface area (Å²) in [5.41, 5.74) is 0.973. The van der Waals surface area contributed by atoms with Gasteiger partial charge in [0.2, 0.25) is 5.91 Å². The summed E-state index contributed by atoms with van der Waals surface area (Å²) < 4.78 is 10.9. The summed E-state index contributed by atoms with van der Waals surface area (Å²) >= 11 is 2.90. The molecule has 6 nitrogen and oxygen atoms in total. The Labute approximate surface area is 167 Å². The Balaban J connectivity index is 1.76. The highest BCUT2D eigenvalue weighted by Gasteiger charge is 2.29. The van der Waals surface area contributed by atoms with Crippen LogP contribution in [-0.4, -0.2) is 55.2 Å². The molecule has 1 amide bonds. The fraction of sp³-hybridized carbons (Fsp3) is 0.474. The molecule has 27 heavy (non-hydrogen) atoms. The van der Waals surface area contributed by atoms with Crippen LogP contribution in [-0.2, 0) is 14.3 Å². The van der Waals surface area contributed by atoms with Gasteiger partial charge < -0.3 is 14.8 Å². The van der Waals surface area contributed by atoms with Gasteiger partial charge in [0.15, 0.2) is 0 Å². The zero-order valence-electron chi connectivity index (χ0n) is 15.7. The molecule has 0 radical (unpaired) electrons. The molecule has 1 fully saturated rings. The molecule has 1 N–H and O–H groups in total. The Hall–Kier alpha value is -1.74. The summed E-state index contributed by atoms with van der Waals surface area (Å²) in [5.74, 6) is -0.553. The Morgan fingerprint density at radius 2 is 2.19 bits per heavy atom. The van der Waals surface area contributed by atoms with Crippen molar-refractivity contribution in [3.63, 3.8) is 0 Å². The third kappa shape index (κ3) is 4.95. The van der Waals surface area contributed by atoms with Crippen LogP contribution in [0.1, 0.15) is 31.1 Å². The average molecular weight is 409 g/mol. The molecule has 0 saturated carbocycles. The number of ether oxygens (including phenoxy) is 2. The first kappa shape index (κ1) is 20.0. The number of anilines is 1. The highest BCUT2D eigenvalue weighted by atomic mass is 32.1. The minimum Gasteiger partial charge on any atom is -0.462 e. The van der Waals surface area contributed by atoms with Crippen LogP contribution in [0.3, 0.4) is 0 Å². The van der Waals surface area contributed by atoms with Crippen molar-refractivity contribution >= 4 is 39.6 Å². The number of esters is 1. The van der Waals surface area contributed by atoms with Crippen molar-refractivity contribution in [2.24, 2.45) is 0 Å². The van der Waals surface area contributed by atoms with Gasteiger partial charge >= 0.3 is 5.97 Å². The predicted octanol–water partition coefficient (Wildman–Crippen LogP) is 3.70. The second-order valence-electron chi connectivity index (χ2n) is 6.92. The Bertz CT molecular complexity index is 799. The highest BCUT2D eigenvalue weighted by molar-refractivity contribution is 7.17. The molecule has 0 aliphatic carbocycles. The van der Waals surface area contributed by atoms with Crippen LogP contribution in [0.5, 0.6) is 0 Å².